The number of anilines is 1. The Balaban J connectivity index is 1.68. The molecule has 7 nitrogen and oxygen atoms in total. The van der Waals surface area contributed by atoms with Crippen LogP contribution < -0.4 is 15.6 Å². The second-order valence-corrected chi connectivity index (χ2v) is 8.26. The van der Waals surface area contributed by atoms with Gasteiger partial charge in [-0.3, -0.25) is 9.59 Å². The zero-order chi connectivity index (χ0) is 19.8. The highest BCUT2D eigenvalue weighted by atomic mass is 35.5. The van der Waals surface area contributed by atoms with Crippen molar-refractivity contribution in [3.05, 3.63) is 44.0 Å². The van der Waals surface area contributed by atoms with Crippen molar-refractivity contribution < 1.29 is 9.53 Å². The van der Waals surface area contributed by atoms with Crippen LogP contribution in [0.15, 0.2) is 23.0 Å². The van der Waals surface area contributed by atoms with Gasteiger partial charge in [0.2, 0.25) is 5.91 Å². The Morgan fingerprint density at radius 2 is 2.14 bits per heavy atom. The highest BCUT2D eigenvalue weighted by Crippen LogP contribution is 2.33. The number of carbonyl (C=O) groups is 1. The topological polar surface area (TPSA) is 86.1 Å². The van der Waals surface area contributed by atoms with E-state index in [1.54, 1.807) is 25.1 Å². The van der Waals surface area contributed by atoms with Crippen molar-refractivity contribution in [2.75, 3.05) is 12.4 Å². The summed E-state index contributed by atoms with van der Waals surface area (Å²) in [6, 6.07) is 4.09. The van der Waals surface area contributed by atoms with E-state index in [9.17, 15) is 9.59 Å². The smallest absolute Gasteiger partial charge is 0.279 e. The van der Waals surface area contributed by atoms with Crippen molar-refractivity contribution in [1.29, 1.82) is 0 Å². The molecule has 1 aromatic carbocycles. The molecule has 0 fully saturated rings. The lowest BCUT2D eigenvalue weighted by Crippen LogP contribution is -2.34. The Morgan fingerprint density at radius 3 is 2.93 bits per heavy atom. The summed E-state index contributed by atoms with van der Waals surface area (Å²) in [6.45, 7) is 1.62. The number of methoxy groups -OCH3 is 1. The van der Waals surface area contributed by atoms with Gasteiger partial charge in [0.25, 0.3) is 5.56 Å². The molecule has 0 unspecified atom stereocenters. The summed E-state index contributed by atoms with van der Waals surface area (Å²) in [6.07, 6.45) is 4.03. The van der Waals surface area contributed by atoms with Gasteiger partial charge in [-0.25, -0.2) is 0 Å². The highest BCUT2D eigenvalue weighted by Gasteiger charge is 2.25. The average Bonchev–Trinajstić information content (AvgIpc) is 3.07. The molecule has 9 heteroatoms. The summed E-state index contributed by atoms with van der Waals surface area (Å²) >= 11 is 7.55. The van der Waals surface area contributed by atoms with Crippen LogP contribution in [0.1, 0.15) is 36.2 Å². The Labute approximate surface area is 170 Å². The van der Waals surface area contributed by atoms with Crippen LogP contribution in [-0.4, -0.2) is 28.0 Å². The first kappa shape index (κ1) is 18.9. The van der Waals surface area contributed by atoms with E-state index in [1.165, 1.54) is 23.3 Å². The van der Waals surface area contributed by atoms with Crippen molar-refractivity contribution in [2.45, 2.75) is 38.6 Å². The van der Waals surface area contributed by atoms with Gasteiger partial charge in [0.05, 0.1) is 18.2 Å². The molecular formula is C19H19ClN4O3S. The number of nitrogens with zero attached hydrogens (tertiary/aromatic N) is 3. The number of hydrogen-bond donors (Lipinski definition) is 1. The minimum Gasteiger partial charge on any atom is -0.495 e. The number of nitrogens with one attached hydrogen (secondary N) is 1. The molecule has 0 radical (unpaired) electrons. The standard InChI is InChI=1S/C19H19ClN4O3S/c1-10(17(25)21-13-9-11(20)7-8-14(13)27-2)24-19(26)16-12-5-3-4-6-15(12)28-18(16)22-23-24/h7-10H,3-6H2,1-2H3,(H,21,25)/t10-/m1/s1. The number of fused-ring (bicyclic) bond motifs is 3. The summed E-state index contributed by atoms with van der Waals surface area (Å²) in [5.74, 6) is 0.0751. The molecule has 1 aliphatic rings. The maximum atomic E-state index is 13.1. The third-order valence-corrected chi connectivity index (χ3v) is 6.38. The normalized spacial score (nSPS) is 14.5. The van der Waals surface area contributed by atoms with E-state index in [1.807, 2.05) is 0 Å². The van der Waals surface area contributed by atoms with Gasteiger partial charge in [0.1, 0.15) is 11.8 Å². The molecule has 0 spiro atoms. The van der Waals surface area contributed by atoms with E-state index >= 15 is 0 Å². The van der Waals surface area contributed by atoms with E-state index in [2.05, 4.69) is 15.6 Å². The van der Waals surface area contributed by atoms with Crippen LogP contribution in [-0.2, 0) is 17.6 Å². The molecule has 2 heterocycles. The first-order valence-corrected chi connectivity index (χ1v) is 10.2. The van der Waals surface area contributed by atoms with Gasteiger partial charge in [-0.2, -0.15) is 4.68 Å². The predicted molar refractivity (Wildman–Crippen MR) is 110 cm³/mol. The van der Waals surface area contributed by atoms with Crippen LogP contribution in [0, 0.1) is 0 Å². The number of thiophene rings is 1. The zero-order valence-electron chi connectivity index (χ0n) is 15.5. The van der Waals surface area contributed by atoms with E-state index in [-0.39, 0.29) is 5.56 Å². The van der Waals surface area contributed by atoms with Crippen LogP contribution in [0.4, 0.5) is 5.69 Å². The molecular weight excluding hydrogens is 400 g/mol. The number of ether oxygens (including phenoxy) is 1. The van der Waals surface area contributed by atoms with E-state index in [0.29, 0.717) is 26.7 Å². The average molecular weight is 419 g/mol. The molecule has 3 aromatic rings. The first-order chi connectivity index (χ1) is 13.5. The molecule has 4 rings (SSSR count). The maximum absolute atomic E-state index is 13.1. The van der Waals surface area contributed by atoms with Crippen LogP contribution >= 0.6 is 22.9 Å². The van der Waals surface area contributed by atoms with Crippen LogP contribution in [0.2, 0.25) is 5.02 Å². The van der Waals surface area contributed by atoms with Gasteiger partial charge in [-0.1, -0.05) is 16.8 Å². The lowest BCUT2D eigenvalue weighted by atomic mass is 9.97. The molecule has 0 bridgehead atoms. The quantitative estimate of drug-likeness (QED) is 0.699. The number of amides is 1. The number of aryl methyl sites for hydroxylation is 2. The fourth-order valence-corrected chi connectivity index (χ4v) is 4.84. The lowest BCUT2D eigenvalue weighted by molar-refractivity contribution is -0.119. The lowest BCUT2D eigenvalue weighted by Gasteiger charge is -2.15. The van der Waals surface area contributed by atoms with Crippen molar-refractivity contribution in [3.63, 3.8) is 0 Å². The maximum Gasteiger partial charge on any atom is 0.279 e. The molecule has 0 saturated carbocycles. The minimum atomic E-state index is -0.841. The Hall–Kier alpha value is -2.45. The molecule has 2 aromatic heterocycles. The number of rotatable bonds is 4. The summed E-state index contributed by atoms with van der Waals surface area (Å²) in [4.78, 5) is 27.7. The molecule has 146 valence electrons. The van der Waals surface area contributed by atoms with E-state index in [4.69, 9.17) is 16.3 Å². The predicted octanol–water partition coefficient (Wildman–Crippen LogP) is 3.59. The van der Waals surface area contributed by atoms with Crippen LogP contribution in [0.3, 0.4) is 0 Å². The molecule has 1 amide bonds. The highest BCUT2D eigenvalue weighted by molar-refractivity contribution is 7.18. The Morgan fingerprint density at radius 1 is 1.36 bits per heavy atom. The molecule has 28 heavy (non-hydrogen) atoms. The summed E-state index contributed by atoms with van der Waals surface area (Å²) in [7, 11) is 1.51. The van der Waals surface area contributed by atoms with Gasteiger partial charge in [0.15, 0.2) is 4.83 Å². The van der Waals surface area contributed by atoms with Gasteiger partial charge >= 0.3 is 0 Å². The second-order valence-electron chi connectivity index (χ2n) is 6.74. The largest absolute Gasteiger partial charge is 0.495 e. The summed E-state index contributed by atoms with van der Waals surface area (Å²) in [5.41, 5.74) is 1.23. The number of halogens is 1. The van der Waals surface area contributed by atoms with Crippen molar-refractivity contribution in [1.82, 2.24) is 15.0 Å². The summed E-state index contributed by atoms with van der Waals surface area (Å²) < 4.78 is 6.40. The van der Waals surface area contributed by atoms with Crippen molar-refractivity contribution in [3.8, 4) is 5.75 Å². The fourth-order valence-electron chi connectivity index (χ4n) is 3.47. The van der Waals surface area contributed by atoms with Gasteiger partial charge in [-0.05, 0) is 56.4 Å². The first-order valence-electron chi connectivity index (χ1n) is 9.03. The molecule has 1 N–H and O–H groups in total. The van der Waals surface area contributed by atoms with Gasteiger partial charge in [-0.15, -0.1) is 16.4 Å². The number of aromatic nitrogens is 3. The molecule has 0 aliphatic heterocycles. The van der Waals surface area contributed by atoms with Gasteiger partial charge < -0.3 is 10.1 Å². The molecule has 1 atom stereocenters. The Bertz CT molecular complexity index is 1120. The SMILES string of the molecule is COc1ccc(Cl)cc1NC(=O)[C@@H](C)n1nnc2sc3c(c2c1=O)CCCC3. The number of hydrogen-bond acceptors (Lipinski definition) is 6. The van der Waals surface area contributed by atoms with Crippen LogP contribution in [0.5, 0.6) is 5.75 Å². The van der Waals surface area contributed by atoms with Gasteiger partial charge in [0, 0.05) is 9.90 Å². The monoisotopic (exact) mass is 418 g/mol. The third-order valence-electron chi connectivity index (χ3n) is 4.97. The van der Waals surface area contributed by atoms with Crippen molar-refractivity contribution >= 4 is 44.7 Å². The second kappa shape index (κ2) is 7.52. The number of carbonyl (C=O) groups excluding carboxylic acids is 1. The number of benzene rings is 1. The molecule has 1 aliphatic carbocycles. The summed E-state index contributed by atoms with van der Waals surface area (Å²) in [5, 5.41) is 12.1. The molecule has 0 saturated heterocycles. The Kier molecular flexibility index (Phi) is 5.07. The third kappa shape index (κ3) is 3.27. The van der Waals surface area contributed by atoms with Crippen LogP contribution in [0.25, 0.3) is 10.2 Å². The minimum absolute atomic E-state index is 0.273. The van der Waals surface area contributed by atoms with E-state index < -0.39 is 11.9 Å². The van der Waals surface area contributed by atoms with Crippen molar-refractivity contribution in [2.24, 2.45) is 0 Å². The zero-order valence-corrected chi connectivity index (χ0v) is 17.1. The van der Waals surface area contributed by atoms with E-state index in [0.717, 1.165) is 35.9 Å². The fraction of sp³-hybridized carbons (Fsp3) is 0.368.